The standard InChI is InChI=1S/C25H16Cl2N2O2/c26-16-9-7-15(8-10-16)13-24(30)28-17-11-12-23-22(14-17)29-25(31-23)20-5-1-4-19-18(20)3-2-6-21(19)27/h1-12,14H,13H2,(H,28,30). The summed E-state index contributed by atoms with van der Waals surface area (Å²) in [7, 11) is 0. The molecular weight excluding hydrogens is 431 g/mol. The Hall–Kier alpha value is -3.34. The summed E-state index contributed by atoms with van der Waals surface area (Å²) in [6.45, 7) is 0. The topological polar surface area (TPSA) is 55.1 Å². The summed E-state index contributed by atoms with van der Waals surface area (Å²) in [5, 5.41) is 6.15. The van der Waals surface area contributed by atoms with Crippen molar-refractivity contribution in [2.75, 3.05) is 5.32 Å². The predicted octanol–water partition coefficient (Wildman–Crippen LogP) is 7.14. The lowest BCUT2D eigenvalue weighted by atomic mass is 10.0. The van der Waals surface area contributed by atoms with Gasteiger partial charge in [0, 0.05) is 26.7 Å². The minimum absolute atomic E-state index is 0.117. The van der Waals surface area contributed by atoms with Crippen LogP contribution < -0.4 is 5.32 Å². The second-order valence-corrected chi connectivity index (χ2v) is 8.04. The summed E-state index contributed by atoms with van der Waals surface area (Å²) in [5.41, 5.74) is 3.72. The number of oxazole rings is 1. The smallest absolute Gasteiger partial charge is 0.228 e. The van der Waals surface area contributed by atoms with Gasteiger partial charge in [0.2, 0.25) is 11.8 Å². The van der Waals surface area contributed by atoms with E-state index in [-0.39, 0.29) is 12.3 Å². The van der Waals surface area contributed by atoms with Crippen LogP contribution >= 0.6 is 23.2 Å². The first-order valence-corrected chi connectivity index (χ1v) is 10.4. The molecule has 0 atom stereocenters. The first kappa shape index (κ1) is 19.6. The molecule has 5 aromatic rings. The lowest BCUT2D eigenvalue weighted by Crippen LogP contribution is -2.14. The van der Waals surface area contributed by atoms with Crippen molar-refractivity contribution in [3.8, 4) is 11.5 Å². The molecule has 0 aliphatic rings. The van der Waals surface area contributed by atoms with Crippen LogP contribution in [0.25, 0.3) is 33.3 Å². The highest BCUT2D eigenvalue weighted by atomic mass is 35.5. The van der Waals surface area contributed by atoms with Crippen molar-refractivity contribution in [2.24, 2.45) is 0 Å². The zero-order valence-corrected chi connectivity index (χ0v) is 17.7. The number of anilines is 1. The van der Waals surface area contributed by atoms with Crippen molar-refractivity contribution in [3.63, 3.8) is 0 Å². The van der Waals surface area contributed by atoms with Crippen molar-refractivity contribution in [1.29, 1.82) is 0 Å². The fourth-order valence-corrected chi connectivity index (χ4v) is 3.93. The highest BCUT2D eigenvalue weighted by Gasteiger charge is 2.13. The van der Waals surface area contributed by atoms with Crippen LogP contribution in [-0.4, -0.2) is 10.9 Å². The zero-order valence-electron chi connectivity index (χ0n) is 16.2. The monoisotopic (exact) mass is 446 g/mol. The van der Waals surface area contributed by atoms with Crippen molar-refractivity contribution in [2.45, 2.75) is 6.42 Å². The van der Waals surface area contributed by atoms with Gasteiger partial charge in [-0.05, 0) is 53.4 Å². The molecule has 0 unspecified atom stereocenters. The molecule has 0 radical (unpaired) electrons. The largest absolute Gasteiger partial charge is 0.436 e. The van der Waals surface area contributed by atoms with Crippen LogP contribution in [-0.2, 0) is 11.2 Å². The molecule has 31 heavy (non-hydrogen) atoms. The number of aromatic nitrogens is 1. The highest BCUT2D eigenvalue weighted by molar-refractivity contribution is 6.35. The highest BCUT2D eigenvalue weighted by Crippen LogP contribution is 2.34. The molecule has 5 rings (SSSR count). The summed E-state index contributed by atoms with van der Waals surface area (Å²) in [4.78, 5) is 17.1. The molecule has 1 aromatic heterocycles. The minimum Gasteiger partial charge on any atom is -0.436 e. The van der Waals surface area contributed by atoms with Gasteiger partial charge in [-0.1, -0.05) is 59.6 Å². The van der Waals surface area contributed by atoms with Crippen molar-refractivity contribution < 1.29 is 9.21 Å². The predicted molar refractivity (Wildman–Crippen MR) is 126 cm³/mol. The fourth-order valence-electron chi connectivity index (χ4n) is 3.57. The molecule has 1 heterocycles. The van der Waals surface area contributed by atoms with E-state index in [9.17, 15) is 4.79 Å². The maximum atomic E-state index is 12.4. The third-order valence-corrected chi connectivity index (χ3v) is 5.63. The van der Waals surface area contributed by atoms with E-state index >= 15 is 0 Å². The second-order valence-electron chi connectivity index (χ2n) is 7.19. The van der Waals surface area contributed by atoms with Crippen molar-refractivity contribution in [3.05, 3.63) is 94.5 Å². The van der Waals surface area contributed by atoms with Gasteiger partial charge in [0.25, 0.3) is 0 Å². The Morgan fingerprint density at radius 2 is 1.68 bits per heavy atom. The zero-order chi connectivity index (χ0) is 21.4. The van der Waals surface area contributed by atoms with Crippen LogP contribution in [0.3, 0.4) is 0 Å². The number of carbonyl (C=O) groups is 1. The number of hydrogen-bond acceptors (Lipinski definition) is 3. The molecule has 0 aliphatic carbocycles. The van der Waals surface area contributed by atoms with E-state index in [1.165, 1.54) is 0 Å². The number of hydrogen-bond donors (Lipinski definition) is 1. The van der Waals surface area contributed by atoms with Gasteiger partial charge < -0.3 is 9.73 Å². The van der Waals surface area contributed by atoms with Crippen molar-refractivity contribution >= 4 is 56.7 Å². The number of nitrogens with one attached hydrogen (secondary N) is 1. The number of halogens is 2. The van der Waals surface area contributed by atoms with Crippen LogP contribution in [0.15, 0.2) is 83.3 Å². The van der Waals surface area contributed by atoms with E-state index in [0.29, 0.717) is 32.7 Å². The van der Waals surface area contributed by atoms with Gasteiger partial charge in [-0.25, -0.2) is 4.98 Å². The Kier molecular flexibility index (Phi) is 5.10. The molecule has 0 spiro atoms. The van der Waals surface area contributed by atoms with E-state index in [4.69, 9.17) is 27.6 Å². The molecule has 152 valence electrons. The summed E-state index contributed by atoms with van der Waals surface area (Å²) < 4.78 is 5.99. The number of benzene rings is 4. The third-order valence-electron chi connectivity index (χ3n) is 5.05. The normalized spacial score (nSPS) is 11.2. The van der Waals surface area contributed by atoms with Gasteiger partial charge in [0.1, 0.15) is 5.52 Å². The van der Waals surface area contributed by atoms with Crippen LogP contribution in [0.5, 0.6) is 0 Å². The first-order valence-electron chi connectivity index (χ1n) is 9.69. The molecule has 1 N–H and O–H groups in total. The van der Waals surface area contributed by atoms with E-state index in [0.717, 1.165) is 21.9 Å². The number of amides is 1. The van der Waals surface area contributed by atoms with Gasteiger partial charge in [-0.3, -0.25) is 4.79 Å². The molecule has 0 saturated heterocycles. The third kappa shape index (κ3) is 4.00. The summed E-state index contributed by atoms with van der Waals surface area (Å²) in [6.07, 6.45) is 0.260. The quantitative estimate of drug-likeness (QED) is 0.319. The molecule has 0 fully saturated rings. The summed E-state index contributed by atoms with van der Waals surface area (Å²) >= 11 is 12.2. The molecule has 4 nitrogen and oxygen atoms in total. The Bertz CT molecular complexity index is 1430. The number of carbonyl (C=O) groups excluding carboxylic acids is 1. The number of rotatable bonds is 4. The average molecular weight is 447 g/mol. The fraction of sp³-hybridized carbons (Fsp3) is 0.0400. The SMILES string of the molecule is O=C(Cc1ccc(Cl)cc1)Nc1ccc2oc(-c3cccc4c(Cl)cccc34)nc2c1. The first-order chi connectivity index (χ1) is 15.1. The van der Waals surface area contributed by atoms with Gasteiger partial charge in [0.15, 0.2) is 5.58 Å². The van der Waals surface area contributed by atoms with Gasteiger partial charge in [0.05, 0.1) is 6.42 Å². The Morgan fingerprint density at radius 3 is 2.52 bits per heavy atom. The van der Waals surface area contributed by atoms with Crippen LogP contribution in [0.2, 0.25) is 10.0 Å². The van der Waals surface area contributed by atoms with Crippen LogP contribution in [0, 0.1) is 0 Å². The van der Waals surface area contributed by atoms with Gasteiger partial charge in [-0.2, -0.15) is 0 Å². The Labute approximate surface area is 188 Å². The van der Waals surface area contributed by atoms with Crippen LogP contribution in [0.4, 0.5) is 5.69 Å². The average Bonchev–Trinajstić information content (AvgIpc) is 3.18. The van der Waals surface area contributed by atoms with Gasteiger partial charge in [-0.15, -0.1) is 0 Å². The number of fused-ring (bicyclic) bond motifs is 2. The molecule has 6 heteroatoms. The van der Waals surface area contributed by atoms with E-state index in [1.54, 1.807) is 24.3 Å². The Balaban J connectivity index is 1.42. The maximum Gasteiger partial charge on any atom is 0.228 e. The molecule has 1 amide bonds. The number of nitrogens with zero attached hydrogens (tertiary/aromatic N) is 1. The van der Waals surface area contributed by atoms with Gasteiger partial charge >= 0.3 is 0 Å². The van der Waals surface area contributed by atoms with E-state index in [2.05, 4.69) is 10.3 Å². The molecular formula is C25H16Cl2N2O2. The lowest BCUT2D eigenvalue weighted by molar-refractivity contribution is -0.115. The second kappa shape index (κ2) is 8.06. The van der Waals surface area contributed by atoms with Crippen LogP contribution in [0.1, 0.15) is 5.56 Å². The molecule has 0 bridgehead atoms. The molecule has 4 aromatic carbocycles. The lowest BCUT2D eigenvalue weighted by Gasteiger charge is -2.05. The van der Waals surface area contributed by atoms with E-state index in [1.807, 2.05) is 54.6 Å². The Morgan fingerprint density at radius 1 is 0.903 bits per heavy atom. The van der Waals surface area contributed by atoms with E-state index < -0.39 is 0 Å². The summed E-state index contributed by atoms with van der Waals surface area (Å²) in [5.74, 6) is 0.390. The maximum absolute atomic E-state index is 12.4. The minimum atomic E-state index is -0.117. The van der Waals surface area contributed by atoms with Crippen molar-refractivity contribution in [1.82, 2.24) is 4.98 Å². The molecule has 0 saturated carbocycles. The summed E-state index contributed by atoms with van der Waals surface area (Å²) in [6, 6.07) is 24.3. The molecule has 0 aliphatic heterocycles.